The molecule has 2 atom stereocenters. The zero-order chi connectivity index (χ0) is 16.2. The minimum Gasteiger partial charge on any atom is -0.468 e. The van der Waals surface area contributed by atoms with Gasteiger partial charge in [-0.25, -0.2) is 0 Å². The van der Waals surface area contributed by atoms with Gasteiger partial charge < -0.3 is 20.3 Å². The molecule has 0 radical (unpaired) electrons. The van der Waals surface area contributed by atoms with Gasteiger partial charge in [0, 0.05) is 25.2 Å². The van der Waals surface area contributed by atoms with Gasteiger partial charge in [-0.05, 0) is 50.5 Å². The third-order valence-corrected chi connectivity index (χ3v) is 5.52. The zero-order valence-corrected chi connectivity index (χ0v) is 14.7. The van der Waals surface area contributed by atoms with Gasteiger partial charge in [0.1, 0.15) is 6.61 Å². The molecule has 2 N–H and O–H groups in total. The van der Waals surface area contributed by atoms with Crippen molar-refractivity contribution in [3.63, 3.8) is 0 Å². The molecule has 0 saturated carbocycles. The van der Waals surface area contributed by atoms with Gasteiger partial charge in [0.15, 0.2) is 0 Å². The van der Waals surface area contributed by atoms with Crippen LogP contribution < -0.4 is 5.73 Å². The van der Waals surface area contributed by atoms with Crippen LogP contribution in [-0.4, -0.2) is 53.3 Å². The molecule has 2 saturated heterocycles. The van der Waals surface area contributed by atoms with Crippen molar-refractivity contribution in [2.75, 3.05) is 26.2 Å². The van der Waals surface area contributed by atoms with E-state index in [1.165, 1.54) is 5.56 Å². The highest BCUT2D eigenvalue weighted by Crippen LogP contribution is 2.33. The van der Waals surface area contributed by atoms with E-state index in [0.29, 0.717) is 23.9 Å². The summed E-state index contributed by atoms with van der Waals surface area (Å²) < 4.78 is 5.73. The number of piperidine rings is 1. The first-order valence-corrected chi connectivity index (χ1v) is 9.05. The molecule has 1 unspecified atom stereocenters. The SMILES string of the molecule is CC(CCN)N1CCC(N2C(=S)OC[C@@H]2c2ccccc2)CC1. The van der Waals surface area contributed by atoms with Crippen LogP contribution >= 0.6 is 12.2 Å². The maximum absolute atomic E-state index is 5.73. The standard InChI is InChI=1S/C18H27N3OS/c1-14(7-10-19)20-11-8-16(9-12-20)21-17(13-22-18(21)23)15-5-3-2-4-6-15/h2-6,14,16-17H,7-13,19H2,1H3/t14?,17-/m1/s1. The number of benzene rings is 1. The van der Waals surface area contributed by atoms with Crippen LogP contribution in [0.1, 0.15) is 37.8 Å². The Morgan fingerprint density at radius 3 is 2.61 bits per heavy atom. The van der Waals surface area contributed by atoms with Crippen LogP contribution in [0.25, 0.3) is 0 Å². The van der Waals surface area contributed by atoms with Crippen LogP contribution in [0.5, 0.6) is 0 Å². The molecule has 1 aromatic rings. The fourth-order valence-corrected chi connectivity index (χ4v) is 4.14. The number of hydrogen-bond acceptors (Lipinski definition) is 4. The Morgan fingerprint density at radius 1 is 1.26 bits per heavy atom. The predicted octanol–water partition coefficient (Wildman–Crippen LogP) is 2.55. The van der Waals surface area contributed by atoms with Crippen LogP contribution in [0.4, 0.5) is 0 Å². The number of likely N-dealkylation sites (tertiary alicyclic amines) is 1. The number of ether oxygens (including phenoxy) is 1. The van der Waals surface area contributed by atoms with Crippen molar-refractivity contribution in [1.29, 1.82) is 0 Å². The summed E-state index contributed by atoms with van der Waals surface area (Å²) in [6.45, 7) is 5.95. The van der Waals surface area contributed by atoms with Gasteiger partial charge in [-0.1, -0.05) is 30.3 Å². The summed E-state index contributed by atoms with van der Waals surface area (Å²) >= 11 is 5.49. The highest BCUT2D eigenvalue weighted by molar-refractivity contribution is 7.80. The third-order valence-electron chi connectivity index (χ3n) is 5.20. The van der Waals surface area contributed by atoms with E-state index in [9.17, 15) is 0 Å². The highest BCUT2D eigenvalue weighted by Gasteiger charge is 2.38. The first kappa shape index (κ1) is 16.7. The Kier molecular flexibility index (Phi) is 5.51. The van der Waals surface area contributed by atoms with Crippen LogP contribution in [0, 0.1) is 0 Å². The molecule has 2 aliphatic rings. The summed E-state index contributed by atoms with van der Waals surface area (Å²) in [6.07, 6.45) is 3.35. The van der Waals surface area contributed by atoms with E-state index in [0.717, 1.165) is 38.9 Å². The highest BCUT2D eigenvalue weighted by atomic mass is 32.1. The van der Waals surface area contributed by atoms with Gasteiger partial charge in [-0.2, -0.15) is 0 Å². The van der Waals surface area contributed by atoms with E-state index in [-0.39, 0.29) is 6.04 Å². The summed E-state index contributed by atoms with van der Waals surface area (Å²) in [6, 6.07) is 11.9. The second-order valence-electron chi connectivity index (χ2n) is 6.60. The molecule has 4 nitrogen and oxygen atoms in total. The summed E-state index contributed by atoms with van der Waals surface area (Å²) in [4.78, 5) is 4.90. The van der Waals surface area contributed by atoms with E-state index in [4.69, 9.17) is 22.7 Å². The van der Waals surface area contributed by atoms with Crippen LogP contribution in [0.2, 0.25) is 0 Å². The first-order chi connectivity index (χ1) is 11.2. The van der Waals surface area contributed by atoms with Crippen LogP contribution in [0.15, 0.2) is 30.3 Å². The lowest BCUT2D eigenvalue weighted by molar-refractivity contribution is 0.109. The minimum atomic E-state index is 0.265. The minimum absolute atomic E-state index is 0.265. The number of nitrogens with zero attached hydrogens (tertiary/aromatic N) is 2. The van der Waals surface area contributed by atoms with Gasteiger partial charge >= 0.3 is 0 Å². The van der Waals surface area contributed by atoms with Gasteiger partial charge in [0.25, 0.3) is 5.17 Å². The molecular weight excluding hydrogens is 306 g/mol. The summed E-state index contributed by atoms with van der Waals surface area (Å²) in [5.41, 5.74) is 6.99. The molecule has 1 aromatic carbocycles. The van der Waals surface area contributed by atoms with Crippen molar-refractivity contribution in [3.05, 3.63) is 35.9 Å². The summed E-state index contributed by atoms with van der Waals surface area (Å²) in [5, 5.41) is 0.673. The maximum atomic E-state index is 5.73. The molecule has 3 rings (SSSR count). The van der Waals surface area contributed by atoms with Crippen molar-refractivity contribution in [2.24, 2.45) is 5.73 Å². The quantitative estimate of drug-likeness (QED) is 0.839. The smallest absolute Gasteiger partial charge is 0.260 e. The van der Waals surface area contributed by atoms with E-state index in [1.54, 1.807) is 0 Å². The Bertz CT molecular complexity index is 516. The number of hydrogen-bond donors (Lipinski definition) is 1. The van der Waals surface area contributed by atoms with E-state index in [1.807, 2.05) is 0 Å². The molecule has 126 valence electrons. The lowest BCUT2D eigenvalue weighted by atomic mass is 9.98. The molecule has 23 heavy (non-hydrogen) atoms. The normalized spacial score (nSPS) is 24.7. The van der Waals surface area contributed by atoms with Crippen LogP contribution in [-0.2, 0) is 4.74 Å². The summed E-state index contributed by atoms with van der Waals surface area (Å²) in [7, 11) is 0. The molecule has 0 aliphatic carbocycles. The second kappa shape index (κ2) is 7.60. The average Bonchev–Trinajstić information content (AvgIpc) is 2.97. The van der Waals surface area contributed by atoms with E-state index < -0.39 is 0 Å². The lowest BCUT2D eigenvalue weighted by Crippen LogP contribution is -2.48. The van der Waals surface area contributed by atoms with Crippen molar-refractivity contribution < 1.29 is 4.74 Å². The van der Waals surface area contributed by atoms with E-state index >= 15 is 0 Å². The molecule has 0 spiro atoms. The molecule has 2 fully saturated rings. The number of nitrogens with two attached hydrogens (primary N) is 1. The number of thiocarbonyl (C=S) groups is 1. The fourth-order valence-electron chi connectivity index (χ4n) is 3.80. The largest absolute Gasteiger partial charge is 0.468 e. The predicted molar refractivity (Wildman–Crippen MR) is 97.3 cm³/mol. The zero-order valence-electron chi connectivity index (χ0n) is 13.9. The lowest BCUT2D eigenvalue weighted by Gasteiger charge is -2.41. The Hall–Kier alpha value is -1.17. The molecule has 2 heterocycles. The molecule has 0 aromatic heterocycles. The van der Waals surface area contributed by atoms with Crippen molar-refractivity contribution >= 4 is 17.4 Å². The monoisotopic (exact) mass is 333 g/mol. The van der Waals surface area contributed by atoms with Crippen LogP contribution in [0.3, 0.4) is 0 Å². The average molecular weight is 334 g/mol. The molecular formula is C18H27N3OS. The molecule has 0 amide bonds. The van der Waals surface area contributed by atoms with Crippen molar-refractivity contribution in [1.82, 2.24) is 9.80 Å². The first-order valence-electron chi connectivity index (χ1n) is 8.65. The Labute approximate surface area is 144 Å². The van der Waals surface area contributed by atoms with Crippen molar-refractivity contribution in [2.45, 2.75) is 44.3 Å². The third kappa shape index (κ3) is 3.67. The molecule has 2 aliphatic heterocycles. The fraction of sp³-hybridized carbons (Fsp3) is 0.611. The Morgan fingerprint density at radius 2 is 1.96 bits per heavy atom. The summed E-state index contributed by atoms with van der Waals surface area (Å²) in [5.74, 6) is 0. The van der Waals surface area contributed by atoms with Gasteiger partial charge in [0.2, 0.25) is 0 Å². The topological polar surface area (TPSA) is 41.7 Å². The second-order valence-corrected chi connectivity index (χ2v) is 6.95. The van der Waals surface area contributed by atoms with Crippen molar-refractivity contribution in [3.8, 4) is 0 Å². The van der Waals surface area contributed by atoms with Gasteiger partial charge in [0.05, 0.1) is 6.04 Å². The molecule has 5 heteroatoms. The maximum Gasteiger partial charge on any atom is 0.260 e. The molecule has 0 bridgehead atoms. The Balaban J connectivity index is 1.65. The van der Waals surface area contributed by atoms with Gasteiger partial charge in [-0.15, -0.1) is 0 Å². The van der Waals surface area contributed by atoms with Gasteiger partial charge in [-0.3, -0.25) is 0 Å². The van der Waals surface area contributed by atoms with E-state index in [2.05, 4.69) is 47.1 Å². The number of rotatable bonds is 5.